The minimum absolute atomic E-state index is 0.122. The lowest BCUT2D eigenvalue weighted by molar-refractivity contribution is 0.0953. The van der Waals surface area contributed by atoms with E-state index in [1.165, 1.54) is 11.3 Å². The summed E-state index contributed by atoms with van der Waals surface area (Å²) >= 11 is 1.52. The van der Waals surface area contributed by atoms with E-state index in [0.717, 1.165) is 20.9 Å². The van der Waals surface area contributed by atoms with Gasteiger partial charge in [-0.1, -0.05) is 0 Å². The number of carbonyl (C=O) groups excluding carboxylic acids is 1. The van der Waals surface area contributed by atoms with E-state index in [9.17, 15) is 9.59 Å². The van der Waals surface area contributed by atoms with Crippen LogP contribution in [0.1, 0.15) is 26.6 Å². The van der Waals surface area contributed by atoms with E-state index in [2.05, 4.69) is 20.3 Å². The average Bonchev–Trinajstić information content (AvgIpc) is 3.19. The summed E-state index contributed by atoms with van der Waals surface area (Å²) in [5, 5.41) is 3.52. The fourth-order valence-electron chi connectivity index (χ4n) is 2.87. The fraction of sp³-hybridized carbons (Fsp3) is 0.222. The number of imidazole rings is 1. The second-order valence-electron chi connectivity index (χ2n) is 6.09. The van der Waals surface area contributed by atoms with Gasteiger partial charge in [-0.2, -0.15) is 0 Å². The quantitative estimate of drug-likeness (QED) is 0.578. The zero-order valence-corrected chi connectivity index (χ0v) is 15.2. The van der Waals surface area contributed by atoms with Gasteiger partial charge in [-0.25, -0.2) is 9.97 Å². The standard InChI is InChI=1S/C18H17N5O2S/c1-10-11(2)26-18-15(10)17(25)21-13(22-18)5-6-20-16(24)12-3-4-14-19-7-8-23(14)9-12/h3-4,7-9H,5-6H2,1-2H3,(H,20,24)(H,21,22,25). The number of aromatic nitrogens is 4. The summed E-state index contributed by atoms with van der Waals surface area (Å²) in [5.41, 5.74) is 2.20. The summed E-state index contributed by atoms with van der Waals surface area (Å²) in [6.07, 6.45) is 5.67. The van der Waals surface area contributed by atoms with Crippen molar-refractivity contribution in [2.24, 2.45) is 0 Å². The molecule has 132 valence electrons. The number of aromatic amines is 1. The highest BCUT2D eigenvalue weighted by Crippen LogP contribution is 2.25. The SMILES string of the molecule is Cc1sc2nc(CCNC(=O)c3ccc4nccn4c3)[nH]c(=O)c2c1C. The van der Waals surface area contributed by atoms with Gasteiger partial charge in [-0.3, -0.25) is 9.59 Å². The van der Waals surface area contributed by atoms with Gasteiger partial charge in [0.25, 0.3) is 11.5 Å². The molecular weight excluding hydrogens is 350 g/mol. The number of nitrogens with zero attached hydrogens (tertiary/aromatic N) is 3. The molecule has 4 aromatic rings. The van der Waals surface area contributed by atoms with Crippen molar-refractivity contribution >= 4 is 33.1 Å². The van der Waals surface area contributed by atoms with E-state index < -0.39 is 0 Å². The maximum absolute atomic E-state index is 12.3. The summed E-state index contributed by atoms with van der Waals surface area (Å²) in [6, 6.07) is 3.53. The van der Waals surface area contributed by atoms with Gasteiger partial charge >= 0.3 is 0 Å². The zero-order chi connectivity index (χ0) is 18.3. The van der Waals surface area contributed by atoms with Gasteiger partial charge < -0.3 is 14.7 Å². The van der Waals surface area contributed by atoms with Gasteiger partial charge in [0.05, 0.1) is 10.9 Å². The number of aryl methyl sites for hydroxylation is 2. The molecule has 0 spiro atoms. The number of carbonyl (C=O) groups is 1. The highest BCUT2D eigenvalue weighted by atomic mass is 32.1. The largest absolute Gasteiger partial charge is 0.352 e. The van der Waals surface area contributed by atoms with Gasteiger partial charge in [0.15, 0.2) is 0 Å². The summed E-state index contributed by atoms with van der Waals surface area (Å²) in [4.78, 5) is 37.9. The monoisotopic (exact) mass is 367 g/mol. The van der Waals surface area contributed by atoms with E-state index in [4.69, 9.17) is 0 Å². The van der Waals surface area contributed by atoms with Crippen LogP contribution in [0.4, 0.5) is 0 Å². The maximum Gasteiger partial charge on any atom is 0.259 e. The topological polar surface area (TPSA) is 92.2 Å². The molecule has 4 aromatic heterocycles. The molecule has 0 aliphatic carbocycles. The summed E-state index contributed by atoms with van der Waals surface area (Å²) in [7, 11) is 0. The number of thiophene rings is 1. The fourth-order valence-corrected chi connectivity index (χ4v) is 3.92. The summed E-state index contributed by atoms with van der Waals surface area (Å²) in [6.45, 7) is 4.30. The Morgan fingerprint density at radius 3 is 3.04 bits per heavy atom. The molecule has 4 heterocycles. The lowest BCUT2D eigenvalue weighted by Gasteiger charge is -2.06. The first-order valence-corrected chi connectivity index (χ1v) is 9.04. The molecule has 0 saturated carbocycles. The summed E-state index contributed by atoms with van der Waals surface area (Å²) in [5.74, 6) is 0.404. The Balaban J connectivity index is 1.46. The Labute approximate surface area is 152 Å². The van der Waals surface area contributed by atoms with Crippen LogP contribution in [0, 0.1) is 13.8 Å². The molecule has 26 heavy (non-hydrogen) atoms. The Kier molecular flexibility index (Phi) is 4.04. The predicted molar refractivity (Wildman–Crippen MR) is 101 cm³/mol. The summed E-state index contributed by atoms with van der Waals surface area (Å²) < 4.78 is 1.79. The van der Waals surface area contributed by atoms with E-state index in [0.29, 0.717) is 29.7 Å². The molecule has 8 heteroatoms. The van der Waals surface area contributed by atoms with Gasteiger partial charge in [0.1, 0.15) is 16.3 Å². The van der Waals surface area contributed by atoms with E-state index in [1.54, 1.807) is 35.1 Å². The molecule has 7 nitrogen and oxygen atoms in total. The van der Waals surface area contributed by atoms with E-state index in [1.807, 2.05) is 13.8 Å². The third-order valence-electron chi connectivity index (χ3n) is 4.39. The van der Waals surface area contributed by atoms with E-state index in [-0.39, 0.29) is 11.5 Å². The molecule has 0 aliphatic heterocycles. The molecule has 0 bridgehead atoms. The van der Waals surface area contributed by atoms with Crippen molar-refractivity contribution in [1.82, 2.24) is 24.7 Å². The van der Waals surface area contributed by atoms with Gasteiger partial charge in [-0.15, -0.1) is 11.3 Å². The number of hydrogen-bond acceptors (Lipinski definition) is 5. The van der Waals surface area contributed by atoms with Crippen LogP contribution in [0.3, 0.4) is 0 Å². The Bertz CT molecular complexity index is 1190. The van der Waals surface area contributed by atoms with Crippen molar-refractivity contribution < 1.29 is 4.79 Å². The number of rotatable bonds is 4. The molecule has 0 unspecified atom stereocenters. The Morgan fingerprint density at radius 1 is 1.35 bits per heavy atom. The first kappa shape index (κ1) is 16.5. The minimum atomic E-state index is -0.174. The number of hydrogen-bond donors (Lipinski definition) is 2. The molecule has 0 radical (unpaired) electrons. The first-order valence-electron chi connectivity index (χ1n) is 8.23. The zero-order valence-electron chi connectivity index (χ0n) is 14.4. The number of fused-ring (bicyclic) bond motifs is 2. The number of H-pyrrole nitrogens is 1. The second-order valence-corrected chi connectivity index (χ2v) is 7.30. The highest BCUT2D eigenvalue weighted by Gasteiger charge is 2.12. The number of pyridine rings is 1. The third kappa shape index (κ3) is 2.88. The van der Waals surface area contributed by atoms with Crippen molar-refractivity contribution in [3.05, 3.63) is 62.9 Å². The normalized spacial score (nSPS) is 11.3. The molecule has 0 aromatic carbocycles. The molecule has 4 rings (SSSR count). The molecule has 0 aliphatic rings. The van der Waals surface area contributed by atoms with E-state index >= 15 is 0 Å². The smallest absolute Gasteiger partial charge is 0.259 e. The molecular formula is C18H17N5O2S. The van der Waals surface area contributed by atoms with Gasteiger partial charge in [-0.05, 0) is 31.5 Å². The van der Waals surface area contributed by atoms with Crippen LogP contribution in [0.15, 0.2) is 35.5 Å². The first-order chi connectivity index (χ1) is 12.5. The molecule has 1 amide bonds. The van der Waals surface area contributed by atoms with Crippen molar-refractivity contribution in [3.63, 3.8) is 0 Å². The number of nitrogens with one attached hydrogen (secondary N) is 2. The van der Waals surface area contributed by atoms with Gasteiger partial charge in [0.2, 0.25) is 0 Å². The molecule has 2 N–H and O–H groups in total. The minimum Gasteiger partial charge on any atom is -0.352 e. The maximum atomic E-state index is 12.3. The second kappa shape index (κ2) is 6.38. The van der Waals surface area contributed by atoms with Crippen LogP contribution in [0.5, 0.6) is 0 Å². The third-order valence-corrected chi connectivity index (χ3v) is 5.49. The van der Waals surface area contributed by atoms with Crippen LogP contribution in [0.2, 0.25) is 0 Å². The lowest BCUT2D eigenvalue weighted by Crippen LogP contribution is -2.27. The van der Waals surface area contributed by atoms with Crippen molar-refractivity contribution in [2.45, 2.75) is 20.3 Å². The average molecular weight is 367 g/mol. The number of amides is 1. The molecule has 0 atom stereocenters. The highest BCUT2D eigenvalue weighted by molar-refractivity contribution is 7.18. The van der Waals surface area contributed by atoms with Crippen LogP contribution < -0.4 is 10.9 Å². The van der Waals surface area contributed by atoms with Crippen molar-refractivity contribution in [3.8, 4) is 0 Å². The Morgan fingerprint density at radius 2 is 2.19 bits per heavy atom. The van der Waals surface area contributed by atoms with Crippen LogP contribution in [0.25, 0.3) is 15.9 Å². The van der Waals surface area contributed by atoms with Crippen molar-refractivity contribution in [1.29, 1.82) is 0 Å². The predicted octanol–water partition coefficient (Wildman–Crippen LogP) is 2.22. The van der Waals surface area contributed by atoms with Crippen LogP contribution in [-0.4, -0.2) is 31.8 Å². The van der Waals surface area contributed by atoms with Crippen LogP contribution in [-0.2, 0) is 6.42 Å². The Hall–Kier alpha value is -3.00. The van der Waals surface area contributed by atoms with Gasteiger partial charge in [0, 0.05) is 36.4 Å². The molecule has 0 fully saturated rings. The lowest BCUT2D eigenvalue weighted by atomic mass is 10.2. The van der Waals surface area contributed by atoms with Crippen molar-refractivity contribution in [2.75, 3.05) is 6.54 Å². The van der Waals surface area contributed by atoms with Crippen LogP contribution >= 0.6 is 11.3 Å². The molecule has 0 saturated heterocycles.